The zero-order valence-corrected chi connectivity index (χ0v) is 11.5. The lowest BCUT2D eigenvalue weighted by atomic mass is 10.1. The highest BCUT2D eigenvalue weighted by Crippen LogP contribution is 2.35. The summed E-state index contributed by atoms with van der Waals surface area (Å²) in [6.07, 6.45) is 0. The highest BCUT2D eigenvalue weighted by atomic mass is 16.5. The van der Waals surface area contributed by atoms with Gasteiger partial charge in [0.25, 0.3) is 0 Å². The highest BCUT2D eigenvalue weighted by molar-refractivity contribution is 5.98. The van der Waals surface area contributed by atoms with E-state index in [0.29, 0.717) is 17.2 Å². The third-order valence-electron chi connectivity index (χ3n) is 2.75. The number of carbonyl (C=O) groups excluding carboxylic acids is 1. The molecule has 0 aliphatic carbocycles. The van der Waals surface area contributed by atoms with Crippen LogP contribution >= 0.6 is 0 Å². The van der Waals surface area contributed by atoms with Gasteiger partial charge in [0.1, 0.15) is 11.5 Å². The number of amides is 1. The number of aryl methyl sites for hydroxylation is 1. The molecule has 5 heteroatoms. The first-order valence-electron chi connectivity index (χ1n) is 5.68. The van der Waals surface area contributed by atoms with Gasteiger partial charge >= 0.3 is 0 Å². The van der Waals surface area contributed by atoms with E-state index in [-0.39, 0.29) is 5.91 Å². The molecule has 5 nitrogen and oxygen atoms in total. The molecule has 0 saturated heterocycles. The van der Waals surface area contributed by atoms with Crippen molar-refractivity contribution in [1.82, 2.24) is 0 Å². The summed E-state index contributed by atoms with van der Waals surface area (Å²) in [5.41, 5.74) is 7.22. The van der Waals surface area contributed by atoms with E-state index in [1.165, 1.54) is 4.90 Å². The summed E-state index contributed by atoms with van der Waals surface area (Å²) in [5, 5.41) is 0. The van der Waals surface area contributed by atoms with Crippen molar-refractivity contribution in [3.63, 3.8) is 0 Å². The predicted octanol–water partition coefficient (Wildman–Crippen LogP) is 1.32. The summed E-state index contributed by atoms with van der Waals surface area (Å²) < 4.78 is 10.5. The van der Waals surface area contributed by atoms with E-state index in [1.54, 1.807) is 34.3 Å². The summed E-state index contributed by atoms with van der Waals surface area (Å²) in [6, 6.07) is 3.04. The zero-order valence-electron chi connectivity index (χ0n) is 11.5. The molecule has 100 valence electrons. The van der Waals surface area contributed by atoms with Crippen LogP contribution in [0.15, 0.2) is 12.1 Å². The van der Waals surface area contributed by atoms with Crippen LogP contribution in [0.5, 0.6) is 11.5 Å². The molecule has 18 heavy (non-hydrogen) atoms. The Morgan fingerprint density at radius 3 is 2.39 bits per heavy atom. The van der Waals surface area contributed by atoms with Crippen LogP contribution in [0.4, 0.5) is 5.69 Å². The molecule has 0 aromatic heterocycles. The van der Waals surface area contributed by atoms with Crippen LogP contribution in [0, 0.1) is 6.92 Å². The lowest BCUT2D eigenvalue weighted by Crippen LogP contribution is -2.40. The lowest BCUT2D eigenvalue weighted by Gasteiger charge is -2.24. The molecule has 1 aromatic carbocycles. The van der Waals surface area contributed by atoms with Gasteiger partial charge in [-0.25, -0.2) is 0 Å². The topological polar surface area (TPSA) is 64.8 Å². The van der Waals surface area contributed by atoms with Crippen LogP contribution in [0.3, 0.4) is 0 Å². The predicted molar refractivity (Wildman–Crippen MR) is 71.3 cm³/mol. The minimum Gasteiger partial charge on any atom is -0.497 e. The van der Waals surface area contributed by atoms with E-state index < -0.39 is 6.04 Å². The van der Waals surface area contributed by atoms with Crippen molar-refractivity contribution in [2.45, 2.75) is 19.9 Å². The Labute approximate surface area is 107 Å². The Kier molecular flexibility index (Phi) is 4.55. The molecule has 0 heterocycles. The Bertz CT molecular complexity index is 444. The van der Waals surface area contributed by atoms with Crippen LogP contribution < -0.4 is 20.1 Å². The van der Waals surface area contributed by atoms with Crippen molar-refractivity contribution >= 4 is 11.6 Å². The van der Waals surface area contributed by atoms with Gasteiger partial charge in [-0.05, 0) is 25.5 Å². The summed E-state index contributed by atoms with van der Waals surface area (Å²) in [5.74, 6) is 1.11. The van der Waals surface area contributed by atoms with Crippen LogP contribution in [-0.2, 0) is 4.79 Å². The van der Waals surface area contributed by atoms with Gasteiger partial charge in [-0.1, -0.05) is 0 Å². The van der Waals surface area contributed by atoms with Crippen LogP contribution in [0.1, 0.15) is 12.5 Å². The normalized spacial score (nSPS) is 11.9. The highest BCUT2D eigenvalue weighted by Gasteiger charge is 2.21. The van der Waals surface area contributed by atoms with Gasteiger partial charge in [0.2, 0.25) is 5.91 Å². The van der Waals surface area contributed by atoms with Crippen LogP contribution in [0.2, 0.25) is 0 Å². The second-order valence-corrected chi connectivity index (χ2v) is 4.18. The second-order valence-electron chi connectivity index (χ2n) is 4.18. The first-order valence-corrected chi connectivity index (χ1v) is 5.68. The molecule has 1 rings (SSSR count). The molecule has 0 aliphatic rings. The molecular formula is C13H20N2O3. The Morgan fingerprint density at radius 1 is 1.33 bits per heavy atom. The van der Waals surface area contributed by atoms with E-state index in [2.05, 4.69) is 0 Å². The number of likely N-dealkylation sites (N-methyl/N-ethyl adjacent to an activating group) is 1. The Morgan fingerprint density at radius 2 is 1.94 bits per heavy atom. The molecule has 0 bridgehead atoms. The quantitative estimate of drug-likeness (QED) is 0.877. The number of nitrogens with two attached hydrogens (primary N) is 1. The maximum Gasteiger partial charge on any atom is 0.243 e. The van der Waals surface area contributed by atoms with Gasteiger partial charge < -0.3 is 20.1 Å². The first kappa shape index (κ1) is 14.3. The molecule has 1 aromatic rings. The molecule has 0 saturated carbocycles. The summed E-state index contributed by atoms with van der Waals surface area (Å²) in [4.78, 5) is 13.4. The van der Waals surface area contributed by atoms with E-state index in [1.807, 2.05) is 13.0 Å². The third-order valence-corrected chi connectivity index (χ3v) is 2.75. The average molecular weight is 252 g/mol. The smallest absolute Gasteiger partial charge is 0.243 e. The molecular weight excluding hydrogens is 232 g/mol. The summed E-state index contributed by atoms with van der Waals surface area (Å²) in [7, 11) is 4.83. The molecule has 1 unspecified atom stereocenters. The van der Waals surface area contributed by atoms with E-state index in [4.69, 9.17) is 15.2 Å². The maximum absolute atomic E-state index is 11.9. The van der Waals surface area contributed by atoms with Gasteiger partial charge in [-0.3, -0.25) is 4.79 Å². The molecule has 0 fully saturated rings. The number of hydrogen-bond donors (Lipinski definition) is 1. The number of rotatable bonds is 4. The van der Waals surface area contributed by atoms with Crippen LogP contribution in [0.25, 0.3) is 0 Å². The van der Waals surface area contributed by atoms with Crippen molar-refractivity contribution in [3.8, 4) is 11.5 Å². The zero-order chi connectivity index (χ0) is 13.9. The minimum atomic E-state index is -0.554. The number of ether oxygens (including phenoxy) is 2. The van der Waals surface area contributed by atoms with Crippen molar-refractivity contribution in [2.24, 2.45) is 5.73 Å². The molecule has 0 aliphatic heterocycles. The van der Waals surface area contributed by atoms with Gasteiger partial charge in [-0.2, -0.15) is 0 Å². The summed E-state index contributed by atoms with van der Waals surface area (Å²) in [6.45, 7) is 3.55. The van der Waals surface area contributed by atoms with Crippen molar-refractivity contribution < 1.29 is 14.3 Å². The number of anilines is 1. The summed E-state index contributed by atoms with van der Waals surface area (Å²) >= 11 is 0. The average Bonchev–Trinajstić information content (AvgIpc) is 2.35. The molecule has 0 spiro atoms. The fourth-order valence-corrected chi connectivity index (χ4v) is 1.83. The van der Waals surface area contributed by atoms with Gasteiger partial charge in [0.15, 0.2) is 0 Å². The van der Waals surface area contributed by atoms with E-state index in [0.717, 1.165) is 5.56 Å². The number of nitrogens with zero attached hydrogens (tertiary/aromatic N) is 1. The SMILES string of the molecule is COc1cc(C)c(N(C)C(=O)C(C)N)c(OC)c1. The second kappa shape index (κ2) is 5.73. The largest absolute Gasteiger partial charge is 0.497 e. The van der Waals surface area contributed by atoms with Crippen molar-refractivity contribution in [1.29, 1.82) is 0 Å². The third kappa shape index (κ3) is 2.73. The minimum absolute atomic E-state index is 0.165. The maximum atomic E-state index is 11.9. The molecule has 2 N–H and O–H groups in total. The molecule has 1 amide bonds. The fourth-order valence-electron chi connectivity index (χ4n) is 1.83. The Hall–Kier alpha value is -1.75. The molecule has 1 atom stereocenters. The van der Waals surface area contributed by atoms with Crippen LogP contribution in [-0.4, -0.2) is 33.2 Å². The number of methoxy groups -OCH3 is 2. The Balaban J connectivity index is 3.27. The van der Waals surface area contributed by atoms with E-state index >= 15 is 0 Å². The van der Waals surface area contributed by atoms with E-state index in [9.17, 15) is 4.79 Å². The van der Waals surface area contributed by atoms with Crippen molar-refractivity contribution in [2.75, 3.05) is 26.2 Å². The molecule has 0 radical (unpaired) electrons. The number of benzene rings is 1. The first-order chi connectivity index (χ1) is 8.42. The number of hydrogen-bond acceptors (Lipinski definition) is 4. The fraction of sp³-hybridized carbons (Fsp3) is 0.462. The van der Waals surface area contributed by atoms with Crippen molar-refractivity contribution in [3.05, 3.63) is 17.7 Å². The standard InChI is InChI=1S/C13H20N2O3/c1-8-6-10(17-4)7-11(18-5)12(8)15(3)13(16)9(2)14/h6-7,9H,14H2,1-5H3. The van der Waals surface area contributed by atoms with Gasteiger partial charge in [-0.15, -0.1) is 0 Å². The monoisotopic (exact) mass is 252 g/mol. The lowest BCUT2D eigenvalue weighted by molar-refractivity contribution is -0.119. The number of carbonyl (C=O) groups is 1. The van der Waals surface area contributed by atoms with Gasteiger partial charge in [0, 0.05) is 13.1 Å². The van der Waals surface area contributed by atoms with Gasteiger partial charge in [0.05, 0.1) is 25.9 Å².